The van der Waals surface area contributed by atoms with E-state index in [2.05, 4.69) is 15.4 Å². The van der Waals surface area contributed by atoms with Crippen LogP contribution in [-0.2, 0) is 10.5 Å². The van der Waals surface area contributed by atoms with Gasteiger partial charge in [-0.15, -0.1) is 11.8 Å². The highest BCUT2D eigenvalue weighted by Crippen LogP contribution is 2.27. The normalized spacial score (nSPS) is 16.8. The number of nitrogens with one attached hydrogen (secondary N) is 1. The Labute approximate surface area is 202 Å². The molecule has 1 fully saturated rings. The maximum atomic E-state index is 13.2. The van der Waals surface area contributed by atoms with E-state index in [0.717, 1.165) is 29.2 Å². The van der Waals surface area contributed by atoms with E-state index in [0.29, 0.717) is 48.2 Å². The van der Waals surface area contributed by atoms with Crippen molar-refractivity contribution in [1.29, 1.82) is 0 Å². The van der Waals surface area contributed by atoms with Crippen LogP contribution in [0.4, 0.5) is 0 Å². The van der Waals surface area contributed by atoms with Crippen LogP contribution >= 0.6 is 23.4 Å². The Balaban J connectivity index is 1.29. The minimum Gasteiger partial charge on any atom is -0.361 e. The predicted octanol–water partition coefficient (Wildman–Crippen LogP) is 3.95. The fourth-order valence-corrected chi connectivity index (χ4v) is 4.97. The van der Waals surface area contributed by atoms with Crippen molar-refractivity contribution in [2.24, 2.45) is 0 Å². The van der Waals surface area contributed by atoms with Crippen molar-refractivity contribution in [1.82, 2.24) is 20.3 Å². The van der Waals surface area contributed by atoms with Gasteiger partial charge in [0, 0.05) is 47.9 Å². The maximum absolute atomic E-state index is 13.2. The molecule has 0 saturated carbocycles. The highest BCUT2D eigenvalue weighted by atomic mass is 35.5. The summed E-state index contributed by atoms with van der Waals surface area (Å²) in [7, 11) is 0. The minimum atomic E-state index is -0.0840. The van der Waals surface area contributed by atoms with Crippen LogP contribution in [0, 0.1) is 6.92 Å². The second-order valence-electron chi connectivity index (χ2n) is 8.09. The molecule has 9 heteroatoms. The number of thioether (sulfide) groups is 1. The van der Waals surface area contributed by atoms with Crippen molar-refractivity contribution in [2.75, 3.05) is 32.7 Å². The molecule has 1 N–H and O–H groups in total. The zero-order valence-corrected chi connectivity index (χ0v) is 20.1. The van der Waals surface area contributed by atoms with Gasteiger partial charge in [0.2, 0.25) is 5.91 Å². The average molecular weight is 487 g/mol. The summed E-state index contributed by atoms with van der Waals surface area (Å²) < 4.78 is 5.13. The van der Waals surface area contributed by atoms with Gasteiger partial charge < -0.3 is 14.7 Å². The number of nitrogens with zero attached hydrogens (tertiary/aromatic N) is 3. The Morgan fingerprint density at radius 3 is 2.73 bits per heavy atom. The summed E-state index contributed by atoms with van der Waals surface area (Å²) in [6.07, 6.45) is 5.52. The first kappa shape index (κ1) is 23.6. The highest BCUT2D eigenvalue weighted by Gasteiger charge is 2.25. The lowest BCUT2D eigenvalue weighted by Crippen LogP contribution is -2.51. The van der Waals surface area contributed by atoms with E-state index < -0.39 is 0 Å². The third-order valence-corrected chi connectivity index (χ3v) is 7.08. The fourth-order valence-electron chi connectivity index (χ4n) is 3.82. The molecule has 2 aromatic rings. The first-order chi connectivity index (χ1) is 16.0. The van der Waals surface area contributed by atoms with E-state index >= 15 is 0 Å². The molecular formula is C24H27ClN4O3S. The summed E-state index contributed by atoms with van der Waals surface area (Å²) in [6.45, 7) is 4.60. The molecule has 4 rings (SSSR count). The number of allylic oxidation sites excluding steroid dienone is 3. The number of carbonyl (C=O) groups is 2. The first-order valence-corrected chi connectivity index (χ1v) is 12.4. The van der Waals surface area contributed by atoms with E-state index in [9.17, 15) is 9.59 Å². The van der Waals surface area contributed by atoms with Crippen LogP contribution < -0.4 is 5.32 Å². The summed E-state index contributed by atoms with van der Waals surface area (Å²) in [6, 6.07) is 9.56. The molecular weight excluding hydrogens is 460 g/mol. The van der Waals surface area contributed by atoms with E-state index in [4.69, 9.17) is 16.1 Å². The molecule has 2 heterocycles. The fraction of sp³-hybridized carbons (Fsp3) is 0.375. The molecule has 1 saturated heterocycles. The average Bonchev–Trinajstić information content (AvgIpc) is 3.24. The number of benzene rings is 1. The largest absolute Gasteiger partial charge is 0.361 e. The summed E-state index contributed by atoms with van der Waals surface area (Å²) in [4.78, 5) is 30.5. The monoisotopic (exact) mass is 486 g/mol. The van der Waals surface area contributed by atoms with Crippen LogP contribution in [0.15, 0.2) is 62.6 Å². The van der Waals surface area contributed by atoms with Crippen molar-refractivity contribution in [3.8, 4) is 0 Å². The second-order valence-corrected chi connectivity index (χ2v) is 9.56. The summed E-state index contributed by atoms with van der Waals surface area (Å²) in [5, 5.41) is 7.61. The number of aryl methyl sites for hydroxylation is 1. The Kier molecular flexibility index (Phi) is 7.90. The van der Waals surface area contributed by atoms with Crippen LogP contribution in [0.25, 0.3) is 0 Å². The second kappa shape index (κ2) is 11.0. The van der Waals surface area contributed by atoms with E-state index in [1.807, 2.05) is 54.3 Å². The molecule has 7 nitrogen and oxygen atoms in total. The lowest BCUT2D eigenvalue weighted by atomic mass is 10.1. The van der Waals surface area contributed by atoms with Gasteiger partial charge in [-0.2, -0.15) is 0 Å². The van der Waals surface area contributed by atoms with Gasteiger partial charge in [0.25, 0.3) is 5.91 Å². The molecule has 1 aromatic carbocycles. The van der Waals surface area contributed by atoms with Crippen LogP contribution in [-0.4, -0.2) is 59.5 Å². The maximum Gasteiger partial charge on any atom is 0.255 e. The van der Waals surface area contributed by atoms with Gasteiger partial charge in [-0.05, 0) is 38.0 Å². The first-order valence-electron chi connectivity index (χ1n) is 11.0. The van der Waals surface area contributed by atoms with Crippen molar-refractivity contribution < 1.29 is 14.1 Å². The number of hydrogen-bond acceptors (Lipinski definition) is 6. The minimum absolute atomic E-state index is 0.0165. The van der Waals surface area contributed by atoms with Crippen LogP contribution in [0.2, 0.25) is 0 Å². The standard InChI is InChI=1S/C24H27ClN4O3S/c1-17-14-18(27-32-17)16-33-22-9-5-2-6-19(22)24(31)29-12-10-28(11-13-29)15-23(30)26-21-8-4-3-7-20(21)25/h2,4-6,8-9,14H,3,7,10-13,15-16H2,1H3,(H,26,30). The van der Waals surface area contributed by atoms with Gasteiger partial charge in [-0.3, -0.25) is 14.5 Å². The molecule has 1 aliphatic carbocycles. The van der Waals surface area contributed by atoms with Crippen LogP contribution in [0.1, 0.15) is 34.7 Å². The Morgan fingerprint density at radius 2 is 2.00 bits per heavy atom. The van der Waals surface area contributed by atoms with Gasteiger partial charge in [0.1, 0.15) is 5.76 Å². The van der Waals surface area contributed by atoms with E-state index in [1.165, 1.54) is 0 Å². The number of amides is 2. The van der Waals surface area contributed by atoms with Gasteiger partial charge in [-0.1, -0.05) is 35.0 Å². The quantitative estimate of drug-likeness (QED) is 0.597. The topological polar surface area (TPSA) is 78.7 Å². The Hall–Kier alpha value is -2.55. The van der Waals surface area contributed by atoms with Crippen molar-refractivity contribution in [2.45, 2.75) is 30.4 Å². The molecule has 0 spiro atoms. The molecule has 0 atom stereocenters. The zero-order valence-electron chi connectivity index (χ0n) is 18.6. The molecule has 0 unspecified atom stereocenters. The van der Waals surface area contributed by atoms with Crippen molar-refractivity contribution in [3.05, 3.63) is 70.2 Å². The zero-order chi connectivity index (χ0) is 23.2. The summed E-state index contributed by atoms with van der Waals surface area (Å²) >= 11 is 7.78. The number of rotatable bonds is 7. The molecule has 0 radical (unpaired) electrons. The van der Waals surface area contributed by atoms with Crippen molar-refractivity contribution >= 4 is 35.2 Å². The molecule has 2 amide bonds. The molecule has 2 aliphatic rings. The number of piperazine rings is 1. The summed E-state index contributed by atoms with van der Waals surface area (Å²) in [5.41, 5.74) is 2.24. The highest BCUT2D eigenvalue weighted by molar-refractivity contribution is 7.98. The number of halogens is 1. The smallest absolute Gasteiger partial charge is 0.255 e. The molecule has 1 aromatic heterocycles. The molecule has 0 bridgehead atoms. The predicted molar refractivity (Wildman–Crippen MR) is 129 cm³/mol. The van der Waals surface area contributed by atoms with Gasteiger partial charge in [0.05, 0.1) is 23.5 Å². The van der Waals surface area contributed by atoms with E-state index in [1.54, 1.807) is 11.8 Å². The molecule has 1 aliphatic heterocycles. The molecule has 33 heavy (non-hydrogen) atoms. The van der Waals surface area contributed by atoms with Gasteiger partial charge in [0.15, 0.2) is 0 Å². The third kappa shape index (κ3) is 6.28. The van der Waals surface area contributed by atoms with Gasteiger partial charge in [-0.25, -0.2) is 0 Å². The van der Waals surface area contributed by atoms with Crippen LogP contribution in [0.3, 0.4) is 0 Å². The third-order valence-electron chi connectivity index (χ3n) is 5.58. The lowest BCUT2D eigenvalue weighted by Gasteiger charge is -2.34. The van der Waals surface area contributed by atoms with E-state index in [-0.39, 0.29) is 18.4 Å². The van der Waals surface area contributed by atoms with Crippen LogP contribution in [0.5, 0.6) is 0 Å². The Morgan fingerprint density at radius 1 is 1.21 bits per heavy atom. The lowest BCUT2D eigenvalue weighted by molar-refractivity contribution is -0.121. The Bertz CT molecular complexity index is 1070. The number of hydrogen-bond donors (Lipinski definition) is 1. The van der Waals surface area contributed by atoms with Gasteiger partial charge >= 0.3 is 0 Å². The SMILES string of the molecule is Cc1cc(CSc2ccccc2C(=O)N2CCN(CC(=O)NC3=C(Cl)CCC=C3)CC2)no1. The molecule has 174 valence electrons. The summed E-state index contributed by atoms with van der Waals surface area (Å²) in [5.74, 6) is 1.35. The number of aromatic nitrogens is 1. The van der Waals surface area contributed by atoms with Crippen molar-refractivity contribution in [3.63, 3.8) is 0 Å². The number of carbonyl (C=O) groups excluding carboxylic acids is 2.